The van der Waals surface area contributed by atoms with Gasteiger partial charge in [0.15, 0.2) is 0 Å². The number of nitrogens with zero attached hydrogens (tertiary/aromatic N) is 3. The number of hydrogen-bond acceptors (Lipinski definition) is 2. The average Bonchev–Trinajstić information content (AvgIpc) is 3.29. The highest BCUT2D eigenvalue weighted by molar-refractivity contribution is 5.84. The molecule has 1 atom stereocenters. The molecule has 0 saturated heterocycles. The van der Waals surface area contributed by atoms with Crippen LogP contribution in [-0.4, -0.2) is 27.6 Å². The second-order valence-electron chi connectivity index (χ2n) is 6.75. The van der Waals surface area contributed by atoms with Crippen molar-refractivity contribution in [2.75, 3.05) is 7.05 Å². The van der Waals surface area contributed by atoms with Gasteiger partial charge in [-0.15, -0.1) is 0 Å². The number of aryl methyl sites for hydroxylation is 1. The Labute approximate surface area is 151 Å². The lowest BCUT2D eigenvalue weighted by atomic mass is 10.00. The fourth-order valence-electron chi connectivity index (χ4n) is 3.61. The number of amides is 1. The Morgan fingerprint density at radius 3 is 2.81 bits per heavy atom. The van der Waals surface area contributed by atoms with Crippen LogP contribution in [0.25, 0.3) is 5.69 Å². The highest BCUT2D eigenvalue weighted by Crippen LogP contribution is 2.34. The smallest absolute Gasteiger partial charge is 0.230 e. The van der Waals surface area contributed by atoms with Crippen LogP contribution in [0.5, 0.6) is 0 Å². The SMILES string of the molecule is CN(Cc1cnn(-c2ccc(F)cc2)c1)C(=O)[C@@H]1CCc2ccccc21. The first-order chi connectivity index (χ1) is 12.6. The molecular formula is C21H20FN3O. The van der Waals surface area contributed by atoms with E-state index in [1.54, 1.807) is 27.9 Å². The van der Waals surface area contributed by atoms with E-state index >= 15 is 0 Å². The Morgan fingerprint density at radius 2 is 2.00 bits per heavy atom. The van der Waals surface area contributed by atoms with Crippen LogP contribution >= 0.6 is 0 Å². The van der Waals surface area contributed by atoms with Gasteiger partial charge in [0.25, 0.3) is 0 Å². The van der Waals surface area contributed by atoms with Crippen LogP contribution in [0, 0.1) is 5.82 Å². The second-order valence-corrected chi connectivity index (χ2v) is 6.75. The molecule has 0 bridgehead atoms. The van der Waals surface area contributed by atoms with Gasteiger partial charge < -0.3 is 4.90 Å². The zero-order chi connectivity index (χ0) is 18.1. The zero-order valence-corrected chi connectivity index (χ0v) is 14.6. The van der Waals surface area contributed by atoms with Crippen molar-refractivity contribution >= 4 is 5.91 Å². The molecule has 0 fully saturated rings. The van der Waals surface area contributed by atoms with Gasteiger partial charge in [-0.05, 0) is 48.2 Å². The van der Waals surface area contributed by atoms with E-state index in [0.29, 0.717) is 6.54 Å². The van der Waals surface area contributed by atoms with E-state index in [4.69, 9.17) is 0 Å². The molecule has 4 nitrogen and oxygen atoms in total. The summed E-state index contributed by atoms with van der Waals surface area (Å²) in [5.41, 5.74) is 4.17. The molecule has 1 aliphatic carbocycles. The minimum absolute atomic E-state index is 0.0525. The Hall–Kier alpha value is -2.95. The molecule has 0 aliphatic heterocycles. The van der Waals surface area contributed by atoms with Gasteiger partial charge in [0.1, 0.15) is 5.82 Å². The molecule has 26 heavy (non-hydrogen) atoms. The van der Waals surface area contributed by atoms with E-state index in [1.165, 1.54) is 17.7 Å². The van der Waals surface area contributed by atoms with Gasteiger partial charge in [-0.2, -0.15) is 5.10 Å². The Bertz CT molecular complexity index is 932. The summed E-state index contributed by atoms with van der Waals surface area (Å²) in [6.45, 7) is 0.499. The quantitative estimate of drug-likeness (QED) is 0.720. The summed E-state index contributed by atoms with van der Waals surface area (Å²) in [4.78, 5) is 14.6. The first kappa shape index (κ1) is 16.5. The second kappa shape index (κ2) is 6.75. The molecule has 0 spiro atoms. The van der Waals surface area contributed by atoms with Crippen molar-refractivity contribution in [1.29, 1.82) is 0 Å². The van der Waals surface area contributed by atoms with Crippen LogP contribution < -0.4 is 0 Å². The lowest BCUT2D eigenvalue weighted by Gasteiger charge is -2.21. The van der Waals surface area contributed by atoms with Crippen molar-refractivity contribution < 1.29 is 9.18 Å². The summed E-state index contributed by atoms with van der Waals surface area (Å²) < 4.78 is 14.7. The highest BCUT2D eigenvalue weighted by atomic mass is 19.1. The third-order valence-electron chi connectivity index (χ3n) is 4.95. The van der Waals surface area contributed by atoms with E-state index < -0.39 is 0 Å². The Kier molecular flexibility index (Phi) is 4.29. The lowest BCUT2D eigenvalue weighted by molar-refractivity contribution is -0.132. The number of rotatable bonds is 4. The maximum absolute atomic E-state index is 13.0. The van der Waals surface area contributed by atoms with Crippen LogP contribution in [0.2, 0.25) is 0 Å². The third-order valence-corrected chi connectivity index (χ3v) is 4.95. The number of carbonyl (C=O) groups is 1. The van der Waals surface area contributed by atoms with E-state index in [-0.39, 0.29) is 17.6 Å². The molecule has 1 aromatic heterocycles. The predicted molar refractivity (Wildman–Crippen MR) is 97.5 cm³/mol. The molecule has 132 valence electrons. The fraction of sp³-hybridized carbons (Fsp3) is 0.238. The summed E-state index contributed by atoms with van der Waals surface area (Å²) >= 11 is 0. The number of hydrogen-bond donors (Lipinski definition) is 0. The molecule has 0 unspecified atom stereocenters. The van der Waals surface area contributed by atoms with Crippen LogP contribution in [-0.2, 0) is 17.8 Å². The number of halogens is 1. The lowest BCUT2D eigenvalue weighted by Crippen LogP contribution is -2.30. The average molecular weight is 349 g/mol. The van der Waals surface area contributed by atoms with E-state index in [0.717, 1.165) is 29.7 Å². The van der Waals surface area contributed by atoms with Crippen LogP contribution in [0.1, 0.15) is 29.0 Å². The standard InChI is InChI=1S/C21H20FN3O/c1-24(21(26)20-11-6-16-4-2-3-5-19(16)20)13-15-12-23-25(14-15)18-9-7-17(22)8-10-18/h2-5,7-10,12,14,20H,6,11,13H2,1H3/t20-/m1/s1. The molecule has 0 radical (unpaired) electrons. The summed E-state index contributed by atoms with van der Waals surface area (Å²) in [6, 6.07) is 14.4. The summed E-state index contributed by atoms with van der Waals surface area (Å²) in [6.07, 6.45) is 5.45. The van der Waals surface area contributed by atoms with E-state index in [9.17, 15) is 9.18 Å². The van der Waals surface area contributed by atoms with Crippen molar-refractivity contribution in [2.24, 2.45) is 0 Å². The highest BCUT2D eigenvalue weighted by Gasteiger charge is 2.30. The van der Waals surface area contributed by atoms with Gasteiger partial charge >= 0.3 is 0 Å². The first-order valence-electron chi connectivity index (χ1n) is 8.74. The maximum Gasteiger partial charge on any atom is 0.230 e. The van der Waals surface area contributed by atoms with Gasteiger partial charge in [-0.1, -0.05) is 24.3 Å². The molecule has 2 aromatic carbocycles. The molecule has 4 rings (SSSR count). The first-order valence-corrected chi connectivity index (χ1v) is 8.74. The van der Waals surface area contributed by atoms with Crippen molar-refractivity contribution in [1.82, 2.24) is 14.7 Å². The third kappa shape index (κ3) is 3.12. The van der Waals surface area contributed by atoms with E-state index in [2.05, 4.69) is 17.2 Å². The van der Waals surface area contributed by atoms with Crippen LogP contribution in [0.15, 0.2) is 60.9 Å². The normalized spacial score (nSPS) is 15.7. The van der Waals surface area contributed by atoms with E-state index in [1.807, 2.05) is 25.4 Å². The Morgan fingerprint density at radius 1 is 1.23 bits per heavy atom. The zero-order valence-electron chi connectivity index (χ0n) is 14.6. The largest absolute Gasteiger partial charge is 0.341 e. The Balaban J connectivity index is 1.46. The molecule has 0 saturated carbocycles. The molecule has 1 amide bonds. The summed E-state index contributed by atoms with van der Waals surface area (Å²) in [5.74, 6) is -0.184. The van der Waals surface area contributed by atoms with Gasteiger partial charge in [-0.25, -0.2) is 9.07 Å². The molecular weight excluding hydrogens is 329 g/mol. The van der Waals surface area contributed by atoms with Gasteiger partial charge in [0, 0.05) is 25.4 Å². The molecule has 5 heteroatoms. The van der Waals surface area contributed by atoms with Gasteiger partial charge in [0.05, 0.1) is 17.8 Å². The van der Waals surface area contributed by atoms with Crippen molar-refractivity contribution in [2.45, 2.75) is 25.3 Å². The molecule has 0 N–H and O–H groups in total. The van der Waals surface area contributed by atoms with Crippen molar-refractivity contribution in [3.05, 3.63) is 83.4 Å². The van der Waals surface area contributed by atoms with Crippen molar-refractivity contribution in [3.8, 4) is 5.69 Å². The van der Waals surface area contributed by atoms with Crippen LogP contribution in [0.4, 0.5) is 4.39 Å². The number of benzene rings is 2. The molecule has 3 aromatic rings. The molecule has 1 aliphatic rings. The van der Waals surface area contributed by atoms with Gasteiger partial charge in [-0.3, -0.25) is 4.79 Å². The topological polar surface area (TPSA) is 38.1 Å². The number of likely N-dealkylation sites (N-methyl/N-ethyl adjacent to an activating group) is 1. The maximum atomic E-state index is 13.0. The predicted octanol–water partition coefficient (Wildman–Crippen LogP) is 3.70. The minimum atomic E-state index is -0.275. The number of carbonyl (C=O) groups excluding carboxylic acids is 1. The molecule has 1 heterocycles. The number of aromatic nitrogens is 2. The fourth-order valence-corrected chi connectivity index (χ4v) is 3.61. The monoisotopic (exact) mass is 349 g/mol. The minimum Gasteiger partial charge on any atom is -0.341 e. The van der Waals surface area contributed by atoms with Gasteiger partial charge in [0.2, 0.25) is 5.91 Å². The summed E-state index contributed by atoms with van der Waals surface area (Å²) in [7, 11) is 1.83. The van der Waals surface area contributed by atoms with Crippen molar-refractivity contribution in [3.63, 3.8) is 0 Å². The summed E-state index contributed by atoms with van der Waals surface area (Å²) in [5, 5.41) is 4.32. The number of fused-ring (bicyclic) bond motifs is 1. The van der Waals surface area contributed by atoms with Crippen LogP contribution in [0.3, 0.4) is 0 Å².